The van der Waals surface area contributed by atoms with E-state index in [9.17, 15) is 0 Å². The summed E-state index contributed by atoms with van der Waals surface area (Å²) >= 11 is 0. The van der Waals surface area contributed by atoms with Crippen molar-refractivity contribution in [2.24, 2.45) is 7.05 Å². The largest absolute Gasteiger partial charge is 0.212 e. The molecule has 0 unspecified atom stereocenters. The first kappa shape index (κ1) is 5.81. The van der Waals surface area contributed by atoms with Gasteiger partial charge in [-0.05, 0) is 44.7 Å². The first-order chi connectivity index (χ1) is 10.8. The minimum atomic E-state index is -2.35. The van der Waals surface area contributed by atoms with Crippen molar-refractivity contribution in [3.63, 3.8) is 0 Å². The molecule has 17 heavy (non-hydrogen) atoms. The van der Waals surface area contributed by atoms with Gasteiger partial charge in [0.15, 0.2) is 6.17 Å². The van der Waals surface area contributed by atoms with Crippen molar-refractivity contribution in [2.45, 2.75) is 27.6 Å². The standard InChI is InChI=1S/C16H20N/c1-11-6-7-15(13(3)8-11)16-9-12(2)14(4)10-17(16)5/h6-10H,1-5H3/q+1/i1D3,4D3,10D. The Morgan fingerprint density at radius 3 is 2.53 bits per heavy atom. The zero-order valence-electron chi connectivity index (χ0n) is 17.3. The van der Waals surface area contributed by atoms with Gasteiger partial charge in [-0.15, -0.1) is 0 Å². The molecule has 0 fully saturated rings. The maximum absolute atomic E-state index is 8.21. The van der Waals surface area contributed by atoms with E-state index < -0.39 is 13.7 Å². The molecule has 1 aromatic carbocycles. The highest BCUT2D eigenvalue weighted by Crippen LogP contribution is 2.22. The molecule has 0 aliphatic rings. The molecule has 0 radical (unpaired) electrons. The van der Waals surface area contributed by atoms with E-state index in [1.165, 1.54) is 4.57 Å². The second-order valence-corrected chi connectivity index (χ2v) is 4.29. The summed E-state index contributed by atoms with van der Waals surface area (Å²) in [6.45, 7) is -1.04. The van der Waals surface area contributed by atoms with Gasteiger partial charge in [-0.2, -0.15) is 0 Å². The van der Waals surface area contributed by atoms with Crippen LogP contribution < -0.4 is 4.57 Å². The molecule has 0 saturated heterocycles. The van der Waals surface area contributed by atoms with Crippen molar-refractivity contribution >= 4 is 0 Å². The Hall–Kier alpha value is -1.63. The van der Waals surface area contributed by atoms with Crippen molar-refractivity contribution in [3.05, 3.63) is 52.7 Å². The first-order valence-corrected chi connectivity index (χ1v) is 5.46. The minimum absolute atomic E-state index is 0.0329. The molecular weight excluding hydrogens is 206 g/mol. The zero-order chi connectivity index (χ0) is 18.4. The summed E-state index contributed by atoms with van der Waals surface area (Å²) < 4.78 is 55.0. The summed E-state index contributed by atoms with van der Waals surface area (Å²) in [7, 11) is 1.64. The molecule has 0 aliphatic heterocycles. The van der Waals surface area contributed by atoms with E-state index in [2.05, 4.69) is 0 Å². The Morgan fingerprint density at radius 1 is 1.06 bits per heavy atom. The Labute approximate surface area is 114 Å². The van der Waals surface area contributed by atoms with Gasteiger partial charge in [0.1, 0.15) is 8.42 Å². The molecule has 0 amide bonds. The van der Waals surface area contributed by atoms with Crippen molar-refractivity contribution in [1.29, 1.82) is 0 Å². The van der Waals surface area contributed by atoms with Crippen molar-refractivity contribution < 1.29 is 14.2 Å². The summed E-state index contributed by atoms with van der Waals surface area (Å²) in [5.74, 6) is 0. The number of pyridine rings is 1. The van der Waals surface area contributed by atoms with Crippen LogP contribution in [0.25, 0.3) is 11.3 Å². The lowest BCUT2D eigenvalue weighted by Gasteiger charge is -2.07. The van der Waals surface area contributed by atoms with E-state index in [4.69, 9.17) is 9.60 Å². The molecule has 0 spiro atoms. The lowest BCUT2D eigenvalue weighted by atomic mass is 10.0. The third kappa shape index (κ3) is 2.23. The molecule has 1 nitrogen and oxygen atoms in total. The van der Waals surface area contributed by atoms with E-state index in [1.807, 2.05) is 0 Å². The van der Waals surface area contributed by atoms with E-state index >= 15 is 0 Å². The third-order valence-electron chi connectivity index (χ3n) is 2.89. The molecule has 1 heterocycles. The van der Waals surface area contributed by atoms with Gasteiger partial charge in [-0.3, -0.25) is 0 Å². The summed E-state index contributed by atoms with van der Waals surface area (Å²) in [6, 6.07) is 6.60. The average molecular weight is 233 g/mol. The quantitative estimate of drug-likeness (QED) is 0.665. The first-order valence-electron chi connectivity index (χ1n) is 8.96. The van der Waals surface area contributed by atoms with Gasteiger partial charge >= 0.3 is 0 Å². The van der Waals surface area contributed by atoms with Gasteiger partial charge in [0.05, 0.1) is 0 Å². The summed E-state index contributed by atoms with van der Waals surface area (Å²) in [4.78, 5) is 0. The average Bonchev–Trinajstić information content (AvgIpc) is 2.40. The van der Waals surface area contributed by atoms with Crippen LogP contribution in [-0.2, 0) is 7.05 Å². The molecule has 0 N–H and O–H groups in total. The monoisotopic (exact) mass is 233 g/mol. The maximum atomic E-state index is 8.21. The second kappa shape index (κ2) is 4.33. The fraction of sp³-hybridized carbons (Fsp3) is 0.312. The zero-order valence-corrected chi connectivity index (χ0v) is 10.3. The van der Waals surface area contributed by atoms with Crippen molar-refractivity contribution in [2.75, 3.05) is 0 Å². The molecule has 1 heteroatoms. The molecule has 0 saturated carbocycles. The van der Waals surface area contributed by atoms with Crippen molar-refractivity contribution in [3.8, 4) is 11.3 Å². The fourth-order valence-corrected chi connectivity index (χ4v) is 1.90. The van der Waals surface area contributed by atoms with Gasteiger partial charge < -0.3 is 0 Å². The lowest BCUT2D eigenvalue weighted by Crippen LogP contribution is -2.31. The number of benzene rings is 1. The van der Waals surface area contributed by atoms with Gasteiger partial charge in [-0.1, -0.05) is 17.7 Å². The molecule has 1 aromatic heterocycles. The van der Waals surface area contributed by atoms with Crippen LogP contribution in [0.4, 0.5) is 0 Å². The van der Waals surface area contributed by atoms with Crippen LogP contribution in [0.15, 0.2) is 30.4 Å². The van der Waals surface area contributed by atoms with Gasteiger partial charge in [0.2, 0.25) is 5.69 Å². The van der Waals surface area contributed by atoms with Gasteiger partial charge in [0, 0.05) is 25.4 Å². The van der Waals surface area contributed by atoms with Crippen LogP contribution in [0.3, 0.4) is 0 Å². The van der Waals surface area contributed by atoms with E-state index in [0.717, 1.165) is 11.1 Å². The van der Waals surface area contributed by atoms with Crippen LogP contribution in [-0.4, -0.2) is 0 Å². The molecule has 0 atom stereocenters. The van der Waals surface area contributed by atoms with E-state index in [0.29, 0.717) is 11.3 Å². The Balaban J connectivity index is 2.67. The highest BCUT2D eigenvalue weighted by atomic mass is 14.9. The minimum Gasteiger partial charge on any atom is -0.201 e. The number of rotatable bonds is 1. The highest BCUT2D eigenvalue weighted by Gasteiger charge is 2.13. The van der Waals surface area contributed by atoms with Gasteiger partial charge in [-0.25, -0.2) is 4.57 Å². The topological polar surface area (TPSA) is 3.88 Å². The van der Waals surface area contributed by atoms with Gasteiger partial charge in [0.25, 0.3) is 0 Å². The van der Waals surface area contributed by atoms with E-state index in [1.54, 1.807) is 45.2 Å². The normalized spacial score (nSPS) is 18.2. The molecule has 2 aromatic rings. The molecular formula is C16H20N+. The third-order valence-corrected chi connectivity index (χ3v) is 2.89. The lowest BCUT2D eigenvalue weighted by molar-refractivity contribution is -0.660. The number of aromatic nitrogens is 1. The number of hydrogen-bond acceptors (Lipinski definition) is 0. The summed E-state index contributed by atoms with van der Waals surface area (Å²) in [5, 5.41) is 0. The second-order valence-electron chi connectivity index (χ2n) is 4.29. The maximum Gasteiger partial charge on any atom is 0.212 e. The fourth-order valence-electron chi connectivity index (χ4n) is 1.90. The SMILES string of the molecule is [2H]c1c(C([2H])([2H])[2H])c(C)cc(-c2ccc(C([2H])([2H])[2H])cc2C)[n+]1C. The van der Waals surface area contributed by atoms with Crippen LogP contribution in [0.1, 0.15) is 31.8 Å². The molecule has 0 bridgehead atoms. The number of hydrogen-bond donors (Lipinski definition) is 0. The van der Waals surface area contributed by atoms with Crippen LogP contribution >= 0.6 is 0 Å². The predicted octanol–water partition coefficient (Wildman–Crippen LogP) is 3.41. The smallest absolute Gasteiger partial charge is 0.201 e. The van der Waals surface area contributed by atoms with Crippen LogP contribution in [0, 0.1) is 27.6 Å². The Morgan fingerprint density at radius 2 is 1.88 bits per heavy atom. The Kier molecular flexibility index (Phi) is 1.48. The predicted molar refractivity (Wildman–Crippen MR) is 72.0 cm³/mol. The number of nitrogens with zero attached hydrogens (tertiary/aromatic N) is 1. The highest BCUT2D eigenvalue weighted by molar-refractivity contribution is 5.62. The van der Waals surface area contributed by atoms with Crippen LogP contribution in [0.2, 0.25) is 0 Å². The molecule has 88 valence electrons. The van der Waals surface area contributed by atoms with Crippen LogP contribution in [0.5, 0.6) is 0 Å². The van der Waals surface area contributed by atoms with E-state index in [-0.39, 0.29) is 17.3 Å². The summed E-state index contributed by atoms with van der Waals surface area (Å²) in [6.07, 6.45) is -0.0655. The molecule has 0 aliphatic carbocycles. The Bertz CT molecular complexity index is 788. The summed E-state index contributed by atoms with van der Waals surface area (Å²) in [5.41, 5.74) is 3.03. The number of aryl methyl sites for hydroxylation is 3. The van der Waals surface area contributed by atoms with Crippen molar-refractivity contribution in [1.82, 2.24) is 0 Å². The molecule has 2 rings (SSSR count).